The van der Waals surface area contributed by atoms with Crippen molar-refractivity contribution in [3.05, 3.63) is 129 Å². The Kier molecular flexibility index (Phi) is 6.84. The maximum Gasteiger partial charge on any atom is 0.280 e. The molecular weight excluding hydrogens is 544 g/mol. The number of hydrogen-bond acceptors (Lipinski definition) is 6. The largest absolute Gasteiger partial charge is 0.412 e. The Balaban J connectivity index is 0.000000150. The molecule has 0 aliphatic rings. The number of aryl methyl sites for hydroxylation is 2. The lowest BCUT2D eigenvalue weighted by molar-refractivity contribution is 0.824. The fraction of sp³-hybridized carbons (Fsp3) is 0.0625. The smallest absolute Gasteiger partial charge is 0.280 e. The summed E-state index contributed by atoms with van der Waals surface area (Å²) in [5.41, 5.74) is 6.00. The highest BCUT2D eigenvalue weighted by Crippen LogP contribution is 2.21. The fourth-order valence-electron chi connectivity index (χ4n) is 4.99. The van der Waals surface area contributed by atoms with Gasteiger partial charge in [-0.3, -0.25) is 19.8 Å². The van der Waals surface area contributed by atoms with Crippen molar-refractivity contribution in [2.24, 2.45) is 0 Å². The Morgan fingerprint density at radius 3 is 1.33 bits per heavy atom. The summed E-state index contributed by atoms with van der Waals surface area (Å²) in [7, 11) is 0. The van der Waals surface area contributed by atoms with Crippen molar-refractivity contribution in [3.8, 4) is 11.4 Å². The number of para-hydroxylation sites is 2. The van der Waals surface area contributed by atoms with Gasteiger partial charge >= 0.3 is 0 Å². The predicted molar refractivity (Wildman–Crippen MR) is 167 cm³/mol. The van der Waals surface area contributed by atoms with E-state index in [4.69, 9.17) is 0 Å². The monoisotopic (exact) mass is 570 g/mol. The Morgan fingerprint density at radius 2 is 0.930 bits per heavy atom. The Morgan fingerprint density at radius 1 is 0.535 bits per heavy atom. The van der Waals surface area contributed by atoms with E-state index in [1.54, 1.807) is 12.4 Å². The molecule has 11 nitrogen and oxygen atoms in total. The van der Waals surface area contributed by atoms with Crippen LogP contribution in [-0.4, -0.2) is 45.0 Å². The van der Waals surface area contributed by atoms with Crippen LogP contribution in [0.3, 0.4) is 0 Å². The van der Waals surface area contributed by atoms with Crippen molar-refractivity contribution in [1.29, 1.82) is 0 Å². The molecule has 0 aliphatic carbocycles. The number of aromatic nitrogens is 8. The number of nitrogens with one attached hydrogen (secondary N) is 2. The standard InChI is InChI=1S/2C16H12N4O.H2O/c2*1-10-7-8-12-14-13(9-17-15(12)18-10)16(21)20(19-14)11-5-3-2-4-6-11;/h2*2-9,19H,1H3;1H2. The first-order chi connectivity index (χ1) is 20.5. The molecular formula is C32H26N8O3. The van der Waals surface area contributed by atoms with Crippen LogP contribution < -0.4 is 11.1 Å². The third-order valence-electron chi connectivity index (χ3n) is 7.08. The van der Waals surface area contributed by atoms with Gasteiger partial charge in [0.25, 0.3) is 11.1 Å². The SMILES string of the molecule is Cc1ccc2c(ncc3c(=O)n(-c4ccccc4)[nH]c32)n1.Cc1ccc2c(ncc3c(=O)n(-c4ccccc4)[nH]c32)n1.O. The molecule has 0 bridgehead atoms. The lowest BCUT2D eigenvalue weighted by atomic mass is 10.2. The van der Waals surface area contributed by atoms with E-state index in [0.29, 0.717) is 22.1 Å². The molecule has 6 aromatic heterocycles. The highest BCUT2D eigenvalue weighted by molar-refractivity contribution is 6.02. The summed E-state index contributed by atoms with van der Waals surface area (Å²) in [4.78, 5) is 42.4. The van der Waals surface area contributed by atoms with Crippen molar-refractivity contribution in [3.63, 3.8) is 0 Å². The van der Waals surface area contributed by atoms with Gasteiger partial charge in [0.2, 0.25) is 0 Å². The molecule has 6 heterocycles. The van der Waals surface area contributed by atoms with Gasteiger partial charge < -0.3 is 5.48 Å². The number of rotatable bonds is 2. The van der Waals surface area contributed by atoms with Crippen molar-refractivity contribution in [2.45, 2.75) is 13.8 Å². The number of nitrogens with zero attached hydrogens (tertiary/aromatic N) is 6. The molecule has 0 saturated heterocycles. The summed E-state index contributed by atoms with van der Waals surface area (Å²) in [6.45, 7) is 3.84. The molecule has 0 saturated carbocycles. The van der Waals surface area contributed by atoms with Crippen LogP contribution in [0.4, 0.5) is 0 Å². The molecule has 0 unspecified atom stereocenters. The summed E-state index contributed by atoms with van der Waals surface area (Å²) < 4.78 is 3.07. The van der Waals surface area contributed by atoms with Crippen molar-refractivity contribution in [2.75, 3.05) is 0 Å². The molecule has 4 N–H and O–H groups in total. The molecule has 0 radical (unpaired) electrons. The van der Waals surface area contributed by atoms with Crippen LogP contribution in [0.2, 0.25) is 0 Å². The van der Waals surface area contributed by atoms with E-state index in [1.807, 2.05) is 98.8 Å². The highest BCUT2D eigenvalue weighted by Gasteiger charge is 2.13. The molecule has 212 valence electrons. The van der Waals surface area contributed by atoms with Crippen LogP contribution in [0.25, 0.3) is 55.2 Å². The average Bonchev–Trinajstić information content (AvgIpc) is 3.54. The summed E-state index contributed by atoms with van der Waals surface area (Å²) in [5.74, 6) is 0. The van der Waals surface area contributed by atoms with Crippen LogP contribution in [0.1, 0.15) is 11.4 Å². The van der Waals surface area contributed by atoms with Gasteiger partial charge in [0.05, 0.1) is 33.2 Å². The minimum atomic E-state index is -0.105. The zero-order valence-corrected chi connectivity index (χ0v) is 23.2. The third kappa shape index (κ3) is 4.73. The highest BCUT2D eigenvalue weighted by atomic mass is 16.1. The first kappa shape index (κ1) is 27.2. The average molecular weight is 571 g/mol. The second-order valence-corrected chi connectivity index (χ2v) is 9.92. The molecule has 43 heavy (non-hydrogen) atoms. The van der Waals surface area contributed by atoms with Gasteiger partial charge in [0, 0.05) is 34.6 Å². The Bertz CT molecular complexity index is 2200. The van der Waals surface area contributed by atoms with E-state index in [0.717, 1.165) is 44.6 Å². The molecule has 0 spiro atoms. The molecule has 0 amide bonds. The van der Waals surface area contributed by atoms with E-state index in [2.05, 4.69) is 30.1 Å². The summed E-state index contributed by atoms with van der Waals surface area (Å²) >= 11 is 0. The second-order valence-electron chi connectivity index (χ2n) is 9.92. The minimum absolute atomic E-state index is 0. The van der Waals surface area contributed by atoms with Gasteiger partial charge in [0.1, 0.15) is 0 Å². The molecule has 8 rings (SSSR count). The van der Waals surface area contributed by atoms with Gasteiger partial charge in [-0.2, -0.15) is 0 Å². The fourth-order valence-corrected chi connectivity index (χ4v) is 4.99. The molecule has 11 heteroatoms. The topological polar surface area (TPSA) is 159 Å². The molecule has 2 aromatic carbocycles. The van der Waals surface area contributed by atoms with Gasteiger partial charge in [-0.1, -0.05) is 36.4 Å². The zero-order chi connectivity index (χ0) is 28.8. The Labute approximate surface area is 243 Å². The van der Waals surface area contributed by atoms with Crippen molar-refractivity contribution < 1.29 is 5.48 Å². The van der Waals surface area contributed by atoms with E-state index >= 15 is 0 Å². The van der Waals surface area contributed by atoms with Gasteiger partial charge in [-0.15, -0.1) is 0 Å². The maximum absolute atomic E-state index is 12.5. The van der Waals surface area contributed by atoms with E-state index < -0.39 is 0 Å². The quantitative estimate of drug-likeness (QED) is 0.315. The van der Waals surface area contributed by atoms with E-state index in [9.17, 15) is 9.59 Å². The maximum atomic E-state index is 12.5. The van der Waals surface area contributed by atoms with Gasteiger partial charge in [-0.25, -0.2) is 29.3 Å². The summed E-state index contributed by atoms with van der Waals surface area (Å²) in [5, 5.41) is 9.17. The van der Waals surface area contributed by atoms with Crippen LogP contribution in [0.15, 0.2) is 107 Å². The third-order valence-corrected chi connectivity index (χ3v) is 7.08. The van der Waals surface area contributed by atoms with E-state index in [-0.39, 0.29) is 16.6 Å². The number of fused-ring (bicyclic) bond motifs is 6. The van der Waals surface area contributed by atoms with Crippen molar-refractivity contribution >= 4 is 43.9 Å². The Hall–Kier alpha value is -5.94. The number of H-pyrrole nitrogens is 2. The first-order valence-electron chi connectivity index (χ1n) is 13.3. The lowest BCUT2D eigenvalue weighted by Gasteiger charge is -2.00. The van der Waals surface area contributed by atoms with E-state index in [1.165, 1.54) is 9.36 Å². The molecule has 8 aromatic rings. The summed E-state index contributed by atoms with van der Waals surface area (Å²) in [6, 6.07) is 26.7. The number of aromatic amines is 2. The number of benzene rings is 2. The molecule has 0 fully saturated rings. The molecule has 0 atom stereocenters. The van der Waals surface area contributed by atoms with Crippen LogP contribution >= 0.6 is 0 Å². The number of pyridine rings is 4. The first-order valence-corrected chi connectivity index (χ1v) is 13.3. The van der Waals surface area contributed by atoms with Crippen LogP contribution in [0, 0.1) is 13.8 Å². The zero-order valence-electron chi connectivity index (χ0n) is 23.2. The van der Waals surface area contributed by atoms with Gasteiger partial charge in [-0.05, 0) is 62.4 Å². The second kappa shape index (κ2) is 10.8. The summed E-state index contributed by atoms with van der Waals surface area (Å²) in [6.07, 6.45) is 3.17. The lowest BCUT2D eigenvalue weighted by Crippen LogP contribution is -2.13. The van der Waals surface area contributed by atoms with Crippen LogP contribution in [0.5, 0.6) is 0 Å². The minimum Gasteiger partial charge on any atom is -0.412 e. The molecule has 0 aliphatic heterocycles. The predicted octanol–water partition coefficient (Wildman–Crippen LogP) is 4.32. The normalized spacial score (nSPS) is 11.0. The number of hydrogen-bond donors (Lipinski definition) is 2. The van der Waals surface area contributed by atoms with Gasteiger partial charge in [0.15, 0.2) is 11.3 Å². The van der Waals surface area contributed by atoms with Crippen LogP contribution in [-0.2, 0) is 0 Å². The van der Waals surface area contributed by atoms with Crippen molar-refractivity contribution in [1.82, 2.24) is 39.5 Å².